The Morgan fingerprint density at radius 2 is 2.25 bits per heavy atom. The van der Waals surface area contributed by atoms with E-state index in [1.165, 1.54) is 17.5 Å². The van der Waals surface area contributed by atoms with Crippen LogP contribution in [0, 0.1) is 5.92 Å². The van der Waals surface area contributed by atoms with E-state index in [2.05, 4.69) is 18.3 Å². The maximum Gasteiger partial charge on any atom is 0.317 e. The number of nitrogens with two attached hydrogens (primary N) is 1. The third-order valence-electron chi connectivity index (χ3n) is 4.49. The number of nitrogens with one attached hydrogen (secondary N) is 1. The summed E-state index contributed by atoms with van der Waals surface area (Å²) >= 11 is 0. The van der Waals surface area contributed by atoms with Crippen LogP contribution in [0.4, 0.5) is 10.5 Å². The first-order valence-corrected chi connectivity index (χ1v) is 7.57. The van der Waals surface area contributed by atoms with Gasteiger partial charge in [-0.05, 0) is 54.9 Å². The lowest BCUT2D eigenvalue weighted by molar-refractivity contribution is 0.166. The third-order valence-corrected chi connectivity index (χ3v) is 4.49. The maximum absolute atomic E-state index is 12.4. The second kappa shape index (κ2) is 5.35. The summed E-state index contributed by atoms with van der Waals surface area (Å²) in [6.45, 7) is 3.98. The molecule has 1 aromatic carbocycles. The smallest absolute Gasteiger partial charge is 0.317 e. The molecule has 2 amide bonds. The predicted octanol–water partition coefficient (Wildman–Crippen LogP) is 2.70. The van der Waals surface area contributed by atoms with Gasteiger partial charge < -0.3 is 16.0 Å². The number of fused-ring (bicyclic) bond motifs is 1. The highest BCUT2D eigenvalue weighted by molar-refractivity contribution is 5.75. The second-order valence-corrected chi connectivity index (χ2v) is 6.19. The molecule has 1 saturated heterocycles. The molecule has 0 spiro atoms. The summed E-state index contributed by atoms with van der Waals surface area (Å²) in [6, 6.07) is 6.25. The monoisotopic (exact) mass is 273 g/mol. The fourth-order valence-electron chi connectivity index (χ4n) is 3.40. The summed E-state index contributed by atoms with van der Waals surface area (Å²) in [6.07, 6.45) is 4.33. The summed E-state index contributed by atoms with van der Waals surface area (Å²) in [5, 5.41) is 3.19. The first kappa shape index (κ1) is 13.3. The largest absolute Gasteiger partial charge is 0.399 e. The van der Waals surface area contributed by atoms with Gasteiger partial charge in [0.2, 0.25) is 0 Å². The molecule has 108 valence electrons. The lowest BCUT2D eigenvalue weighted by atomic mass is 10.0. The molecule has 1 aliphatic heterocycles. The van der Waals surface area contributed by atoms with Gasteiger partial charge in [0.15, 0.2) is 0 Å². The summed E-state index contributed by atoms with van der Waals surface area (Å²) in [5.41, 5.74) is 9.13. The number of carbonyl (C=O) groups excluding carboxylic acids is 1. The van der Waals surface area contributed by atoms with E-state index in [1.54, 1.807) is 0 Å². The van der Waals surface area contributed by atoms with E-state index in [9.17, 15) is 4.79 Å². The molecule has 2 aliphatic rings. The van der Waals surface area contributed by atoms with Crippen molar-refractivity contribution in [2.75, 3.05) is 18.8 Å². The molecule has 4 heteroatoms. The summed E-state index contributed by atoms with van der Waals surface area (Å²) in [5.74, 6) is 0.616. The molecule has 3 rings (SSSR count). The van der Waals surface area contributed by atoms with Crippen LogP contribution in [0.5, 0.6) is 0 Å². The Morgan fingerprint density at radius 1 is 1.40 bits per heavy atom. The van der Waals surface area contributed by atoms with Crippen LogP contribution in [0.1, 0.15) is 43.4 Å². The van der Waals surface area contributed by atoms with E-state index in [4.69, 9.17) is 5.73 Å². The number of aryl methyl sites for hydroxylation is 1. The van der Waals surface area contributed by atoms with Crippen LogP contribution in [-0.2, 0) is 6.42 Å². The molecule has 1 aromatic rings. The van der Waals surface area contributed by atoms with E-state index < -0.39 is 0 Å². The normalized spacial score (nSPS) is 25.4. The molecule has 20 heavy (non-hydrogen) atoms. The Bertz CT molecular complexity index is 514. The number of anilines is 1. The Kier molecular flexibility index (Phi) is 3.55. The van der Waals surface area contributed by atoms with Gasteiger partial charge in [-0.2, -0.15) is 0 Å². The SMILES string of the molecule is CC1CCCN(C(=O)NC2CCc3cc(N)ccc32)C1. The van der Waals surface area contributed by atoms with Gasteiger partial charge in [-0.15, -0.1) is 0 Å². The zero-order chi connectivity index (χ0) is 14.1. The molecule has 1 heterocycles. The number of nitrogens with zero attached hydrogens (tertiary/aromatic N) is 1. The number of urea groups is 1. The van der Waals surface area contributed by atoms with Gasteiger partial charge in [0, 0.05) is 18.8 Å². The zero-order valence-electron chi connectivity index (χ0n) is 12.1. The van der Waals surface area contributed by atoms with Crippen LogP contribution in [0.2, 0.25) is 0 Å². The fourth-order valence-corrected chi connectivity index (χ4v) is 3.40. The van der Waals surface area contributed by atoms with Gasteiger partial charge in [0.25, 0.3) is 0 Å². The molecule has 2 atom stereocenters. The molecular formula is C16H23N3O. The minimum atomic E-state index is 0.0891. The fraction of sp³-hybridized carbons (Fsp3) is 0.562. The first-order chi connectivity index (χ1) is 9.63. The molecule has 1 fully saturated rings. The quantitative estimate of drug-likeness (QED) is 0.773. The number of likely N-dealkylation sites (tertiary alicyclic amines) is 1. The van der Waals surface area contributed by atoms with Crippen LogP contribution < -0.4 is 11.1 Å². The highest BCUT2D eigenvalue weighted by Gasteiger charge is 2.27. The van der Waals surface area contributed by atoms with E-state index in [1.807, 2.05) is 17.0 Å². The number of amides is 2. The maximum atomic E-state index is 12.4. The number of hydrogen-bond acceptors (Lipinski definition) is 2. The van der Waals surface area contributed by atoms with Crippen molar-refractivity contribution in [2.45, 2.75) is 38.6 Å². The summed E-state index contributed by atoms with van der Waals surface area (Å²) in [7, 11) is 0. The predicted molar refractivity (Wildman–Crippen MR) is 80.4 cm³/mol. The van der Waals surface area contributed by atoms with Crippen molar-refractivity contribution in [1.82, 2.24) is 10.2 Å². The number of rotatable bonds is 1. The van der Waals surface area contributed by atoms with E-state index >= 15 is 0 Å². The van der Waals surface area contributed by atoms with Gasteiger partial charge in [-0.1, -0.05) is 13.0 Å². The standard InChI is InChI=1S/C16H23N3O/c1-11-3-2-8-19(10-11)16(20)18-15-7-4-12-9-13(17)5-6-14(12)15/h5-6,9,11,15H,2-4,7-8,10,17H2,1H3,(H,18,20). The Labute approximate surface area is 120 Å². The number of piperidine rings is 1. The van der Waals surface area contributed by atoms with Gasteiger partial charge in [0.1, 0.15) is 0 Å². The first-order valence-electron chi connectivity index (χ1n) is 7.57. The molecular weight excluding hydrogens is 250 g/mol. The van der Waals surface area contributed by atoms with E-state index in [0.29, 0.717) is 5.92 Å². The molecule has 4 nitrogen and oxygen atoms in total. The van der Waals surface area contributed by atoms with Crippen LogP contribution in [0.25, 0.3) is 0 Å². The van der Waals surface area contributed by atoms with Crippen molar-refractivity contribution < 1.29 is 4.79 Å². The highest BCUT2D eigenvalue weighted by atomic mass is 16.2. The molecule has 2 unspecified atom stereocenters. The average Bonchev–Trinajstić information content (AvgIpc) is 2.81. The lowest BCUT2D eigenvalue weighted by Crippen LogP contribution is -2.45. The van der Waals surface area contributed by atoms with Crippen molar-refractivity contribution in [3.8, 4) is 0 Å². The van der Waals surface area contributed by atoms with Gasteiger partial charge in [-0.25, -0.2) is 4.79 Å². The minimum Gasteiger partial charge on any atom is -0.399 e. The molecule has 0 radical (unpaired) electrons. The van der Waals surface area contributed by atoms with Crippen molar-refractivity contribution in [1.29, 1.82) is 0 Å². The zero-order valence-corrected chi connectivity index (χ0v) is 12.1. The van der Waals surface area contributed by atoms with Crippen molar-refractivity contribution in [3.63, 3.8) is 0 Å². The summed E-state index contributed by atoms with van der Waals surface area (Å²) < 4.78 is 0. The number of hydrogen-bond donors (Lipinski definition) is 2. The molecule has 3 N–H and O–H groups in total. The number of carbonyl (C=O) groups is 1. The molecule has 1 aliphatic carbocycles. The minimum absolute atomic E-state index is 0.0891. The van der Waals surface area contributed by atoms with Crippen LogP contribution in [0.3, 0.4) is 0 Å². The van der Waals surface area contributed by atoms with Crippen molar-refractivity contribution in [3.05, 3.63) is 29.3 Å². The molecule has 0 saturated carbocycles. The van der Waals surface area contributed by atoms with E-state index in [0.717, 1.165) is 38.0 Å². The summed E-state index contributed by atoms with van der Waals surface area (Å²) in [4.78, 5) is 14.3. The van der Waals surface area contributed by atoms with E-state index in [-0.39, 0.29) is 12.1 Å². The molecule has 0 bridgehead atoms. The Hall–Kier alpha value is -1.71. The van der Waals surface area contributed by atoms with Crippen LogP contribution in [0.15, 0.2) is 18.2 Å². The Balaban J connectivity index is 1.66. The van der Waals surface area contributed by atoms with Crippen molar-refractivity contribution in [2.24, 2.45) is 5.92 Å². The van der Waals surface area contributed by atoms with Crippen LogP contribution >= 0.6 is 0 Å². The van der Waals surface area contributed by atoms with Gasteiger partial charge in [-0.3, -0.25) is 0 Å². The highest BCUT2D eigenvalue weighted by Crippen LogP contribution is 2.32. The number of benzene rings is 1. The topological polar surface area (TPSA) is 58.4 Å². The van der Waals surface area contributed by atoms with Crippen molar-refractivity contribution >= 4 is 11.7 Å². The van der Waals surface area contributed by atoms with Crippen LogP contribution in [-0.4, -0.2) is 24.0 Å². The number of nitrogen functional groups attached to an aromatic ring is 1. The molecule has 0 aromatic heterocycles. The lowest BCUT2D eigenvalue weighted by Gasteiger charge is -2.32. The van der Waals surface area contributed by atoms with Gasteiger partial charge in [0.05, 0.1) is 6.04 Å². The average molecular weight is 273 g/mol. The van der Waals surface area contributed by atoms with Gasteiger partial charge >= 0.3 is 6.03 Å². The third kappa shape index (κ3) is 2.60. The Morgan fingerprint density at radius 3 is 3.05 bits per heavy atom. The second-order valence-electron chi connectivity index (χ2n) is 6.19.